The number of aromatic nitrogens is 4. The Balaban J connectivity index is 1.51. The molecule has 0 fully saturated rings. The van der Waals surface area contributed by atoms with Crippen molar-refractivity contribution in [3.8, 4) is 11.3 Å². The number of benzene rings is 1. The largest absolute Gasteiger partial charge is 0.300 e. The molecule has 0 atom stereocenters. The number of nitrogens with one attached hydrogen (secondary N) is 1. The van der Waals surface area contributed by atoms with Gasteiger partial charge < -0.3 is 5.32 Å². The number of hydrogen-bond acceptors (Lipinski definition) is 6. The van der Waals surface area contributed by atoms with Crippen molar-refractivity contribution in [2.24, 2.45) is 0 Å². The van der Waals surface area contributed by atoms with E-state index in [0.29, 0.717) is 10.5 Å². The van der Waals surface area contributed by atoms with Crippen molar-refractivity contribution in [2.45, 2.75) is 6.54 Å². The average molecular weight is 363 g/mol. The van der Waals surface area contributed by atoms with Gasteiger partial charge in [-0.05, 0) is 18.2 Å². The Hall–Kier alpha value is -3.39. The number of hydrogen-bond donors (Lipinski definition) is 1. The number of nitrogens with zero attached hydrogens (tertiary/aromatic N) is 4. The summed E-state index contributed by atoms with van der Waals surface area (Å²) in [6.45, 7) is -0.175. The Labute approximate surface area is 152 Å². The first-order valence-corrected chi connectivity index (χ1v) is 8.69. The molecule has 3 aromatic heterocycles. The summed E-state index contributed by atoms with van der Waals surface area (Å²) in [5.41, 5.74) is 1.31. The molecule has 0 saturated carbocycles. The van der Waals surface area contributed by atoms with Crippen LogP contribution < -0.4 is 10.9 Å². The van der Waals surface area contributed by atoms with E-state index in [1.165, 1.54) is 11.3 Å². The molecule has 4 aromatic rings. The second kappa shape index (κ2) is 6.85. The predicted molar refractivity (Wildman–Crippen MR) is 100.0 cm³/mol. The van der Waals surface area contributed by atoms with Crippen LogP contribution in [0.5, 0.6) is 0 Å². The van der Waals surface area contributed by atoms with Gasteiger partial charge in [-0.25, -0.2) is 9.67 Å². The number of thiazole rings is 1. The van der Waals surface area contributed by atoms with Crippen molar-refractivity contribution in [3.05, 3.63) is 70.7 Å². The van der Waals surface area contributed by atoms with Crippen molar-refractivity contribution in [1.82, 2.24) is 19.7 Å². The number of carbonyl (C=O) groups excluding carboxylic acids is 1. The SMILES string of the molecule is O=C(Cn1ncc2ccccc2c1=O)Nc1nc(-c2cccnc2)cs1. The third-order valence-corrected chi connectivity index (χ3v) is 4.52. The van der Waals surface area contributed by atoms with Gasteiger partial charge in [0.1, 0.15) is 6.54 Å². The maximum absolute atomic E-state index is 12.4. The van der Waals surface area contributed by atoms with Crippen LogP contribution in [0.3, 0.4) is 0 Å². The maximum atomic E-state index is 12.4. The Kier molecular flexibility index (Phi) is 4.24. The van der Waals surface area contributed by atoms with Crippen LogP contribution >= 0.6 is 11.3 Å². The third-order valence-electron chi connectivity index (χ3n) is 3.76. The van der Waals surface area contributed by atoms with Crippen LogP contribution in [0.2, 0.25) is 0 Å². The van der Waals surface area contributed by atoms with Crippen LogP contribution in [0.4, 0.5) is 5.13 Å². The molecular formula is C18H13N5O2S. The first-order valence-electron chi connectivity index (χ1n) is 7.81. The lowest BCUT2D eigenvalue weighted by atomic mass is 10.2. The Bertz CT molecular complexity index is 1140. The summed E-state index contributed by atoms with van der Waals surface area (Å²) in [5.74, 6) is -0.359. The number of carbonyl (C=O) groups is 1. The molecule has 1 amide bonds. The van der Waals surface area contributed by atoms with E-state index in [0.717, 1.165) is 21.3 Å². The van der Waals surface area contributed by atoms with E-state index in [2.05, 4.69) is 20.4 Å². The van der Waals surface area contributed by atoms with E-state index >= 15 is 0 Å². The molecule has 1 aromatic carbocycles. The van der Waals surface area contributed by atoms with Crippen LogP contribution in [0, 0.1) is 0 Å². The number of fused-ring (bicyclic) bond motifs is 1. The zero-order valence-electron chi connectivity index (χ0n) is 13.5. The van der Waals surface area contributed by atoms with Crippen molar-refractivity contribution < 1.29 is 4.79 Å². The van der Waals surface area contributed by atoms with Crippen molar-refractivity contribution in [2.75, 3.05) is 5.32 Å². The fourth-order valence-electron chi connectivity index (χ4n) is 2.51. The van der Waals surface area contributed by atoms with E-state index in [9.17, 15) is 9.59 Å². The van der Waals surface area contributed by atoms with Gasteiger partial charge in [0, 0.05) is 28.7 Å². The summed E-state index contributed by atoms with van der Waals surface area (Å²) < 4.78 is 1.15. The van der Waals surface area contributed by atoms with Gasteiger partial charge in [0.25, 0.3) is 5.56 Å². The standard InChI is InChI=1S/C18H13N5O2S/c24-16(10-23-17(25)14-6-2-1-4-12(14)9-20-23)22-18-21-15(11-26-18)13-5-3-7-19-8-13/h1-9,11H,10H2,(H,21,22,24). The van der Waals surface area contributed by atoms with Crippen LogP contribution in [0.15, 0.2) is 65.2 Å². The van der Waals surface area contributed by atoms with E-state index in [4.69, 9.17) is 0 Å². The fraction of sp³-hybridized carbons (Fsp3) is 0.0556. The second-order valence-corrected chi connectivity index (χ2v) is 6.38. The predicted octanol–water partition coefficient (Wildman–Crippen LogP) is 2.55. The van der Waals surface area contributed by atoms with Gasteiger partial charge in [-0.2, -0.15) is 5.10 Å². The number of rotatable bonds is 4. The molecule has 0 saturated heterocycles. The molecule has 0 spiro atoms. The monoisotopic (exact) mass is 363 g/mol. The molecule has 0 radical (unpaired) electrons. The minimum atomic E-state index is -0.359. The minimum Gasteiger partial charge on any atom is -0.300 e. The maximum Gasteiger partial charge on any atom is 0.275 e. The van der Waals surface area contributed by atoms with Crippen LogP contribution in [-0.4, -0.2) is 25.7 Å². The summed E-state index contributed by atoms with van der Waals surface area (Å²) in [6, 6.07) is 10.9. The highest BCUT2D eigenvalue weighted by atomic mass is 32.1. The van der Waals surface area contributed by atoms with Crippen LogP contribution in [0.1, 0.15) is 0 Å². The van der Waals surface area contributed by atoms with E-state index in [1.54, 1.807) is 30.7 Å². The topological polar surface area (TPSA) is 89.8 Å². The molecule has 0 aliphatic heterocycles. The van der Waals surface area contributed by atoms with Gasteiger partial charge >= 0.3 is 0 Å². The molecule has 0 aliphatic rings. The highest BCUT2D eigenvalue weighted by Crippen LogP contribution is 2.23. The number of amides is 1. The Morgan fingerprint density at radius 1 is 1.15 bits per heavy atom. The third kappa shape index (κ3) is 3.22. The van der Waals surface area contributed by atoms with Crippen LogP contribution in [0.25, 0.3) is 22.0 Å². The lowest BCUT2D eigenvalue weighted by Crippen LogP contribution is -2.29. The highest BCUT2D eigenvalue weighted by Gasteiger charge is 2.11. The zero-order chi connectivity index (χ0) is 17.9. The molecule has 0 unspecified atom stereocenters. The number of anilines is 1. The zero-order valence-corrected chi connectivity index (χ0v) is 14.3. The van der Waals surface area contributed by atoms with E-state index < -0.39 is 0 Å². The molecule has 1 N–H and O–H groups in total. The summed E-state index contributed by atoms with van der Waals surface area (Å²) >= 11 is 1.31. The second-order valence-electron chi connectivity index (χ2n) is 5.52. The molecule has 4 rings (SSSR count). The molecule has 8 heteroatoms. The van der Waals surface area contributed by atoms with Gasteiger partial charge in [0.2, 0.25) is 5.91 Å². The smallest absolute Gasteiger partial charge is 0.275 e. The normalized spacial score (nSPS) is 10.8. The van der Waals surface area contributed by atoms with Gasteiger partial charge in [-0.1, -0.05) is 18.2 Å². The van der Waals surface area contributed by atoms with Crippen molar-refractivity contribution in [3.63, 3.8) is 0 Å². The number of pyridine rings is 1. The molecule has 0 bridgehead atoms. The fourth-order valence-corrected chi connectivity index (χ4v) is 3.25. The van der Waals surface area contributed by atoms with Gasteiger partial charge in [0.05, 0.1) is 17.3 Å². The molecule has 128 valence electrons. The van der Waals surface area contributed by atoms with E-state index in [-0.39, 0.29) is 18.0 Å². The van der Waals surface area contributed by atoms with Gasteiger partial charge in [-0.15, -0.1) is 11.3 Å². The van der Waals surface area contributed by atoms with Crippen LogP contribution in [-0.2, 0) is 11.3 Å². The molecular weight excluding hydrogens is 350 g/mol. The van der Waals surface area contributed by atoms with Crippen molar-refractivity contribution in [1.29, 1.82) is 0 Å². The molecule has 26 heavy (non-hydrogen) atoms. The quantitative estimate of drug-likeness (QED) is 0.602. The van der Waals surface area contributed by atoms with Crippen molar-refractivity contribution >= 4 is 33.1 Å². The Morgan fingerprint density at radius 2 is 2.04 bits per heavy atom. The van der Waals surface area contributed by atoms with E-state index in [1.807, 2.05) is 29.6 Å². The lowest BCUT2D eigenvalue weighted by molar-refractivity contribution is -0.117. The summed E-state index contributed by atoms with van der Waals surface area (Å²) in [7, 11) is 0. The summed E-state index contributed by atoms with van der Waals surface area (Å²) in [4.78, 5) is 33.1. The summed E-state index contributed by atoms with van der Waals surface area (Å²) in [5, 5.41) is 10.3. The van der Waals surface area contributed by atoms with Gasteiger partial charge in [-0.3, -0.25) is 14.6 Å². The first-order chi connectivity index (χ1) is 12.7. The minimum absolute atomic E-state index is 0.175. The lowest BCUT2D eigenvalue weighted by Gasteiger charge is -2.05. The Morgan fingerprint density at radius 3 is 2.88 bits per heavy atom. The summed E-state index contributed by atoms with van der Waals surface area (Å²) in [6.07, 6.45) is 4.97. The molecule has 3 heterocycles. The molecule has 7 nitrogen and oxygen atoms in total. The highest BCUT2D eigenvalue weighted by molar-refractivity contribution is 7.14. The first kappa shape index (κ1) is 16.1. The molecule has 0 aliphatic carbocycles. The van der Waals surface area contributed by atoms with Gasteiger partial charge in [0.15, 0.2) is 5.13 Å². The average Bonchev–Trinajstić information content (AvgIpc) is 3.13.